The van der Waals surface area contributed by atoms with E-state index in [-0.39, 0.29) is 11.6 Å². The van der Waals surface area contributed by atoms with E-state index in [0.717, 1.165) is 13.0 Å². The van der Waals surface area contributed by atoms with Crippen molar-refractivity contribution in [3.8, 4) is 0 Å². The first-order chi connectivity index (χ1) is 6.09. The normalized spacial score (nSPS) is 22.8. The molecule has 0 N–H and O–H groups in total. The molecule has 1 aliphatic rings. The molecule has 72 valence electrons. The predicted octanol–water partition coefficient (Wildman–Crippen LogP) is 2.00. The Labute approximate surface area is 78.7 Å². The van der Waals surface area contributed by atoms with Crippen molar-refractivity contribution >= 4 is 0 Å². The molecule has 0 saturated carbocycles. The molecule has 0 saturated heterocycles. The van der Waals surface area contributed by atoms with E-state index in [4.69, 9.17) is 4.74 Å². The van der Waals surface area contributed by atoms with E-state index in [2.05, 4.69) is 30.3 Å². The van der Waals surface area contributed by atoms with Gasteiger partial charge in [-0.25, -0.2) is 4.98 Å². The van der Waals surface area contributed by atoms with Gasteiger partial charge in [0.1, 0.15) is 6.23 Å². The summed E-state index contributed by atoms with van der Waals surface area (Å²) in [6, 6.07) is 0. The molecule has 3 heteroatoms. The number of hydrogen-bond acceptors (Lipinski definition) is 2. The lowest BCUT2D eigenvalue weighted by molar-refractivity contribution is -0.0839. The maximum atomic E-state index is 5.75. The Morgan fingerprint density at radius 1 is 1.54 bits per heavy atom. The molecular formula is C10H16N2O. The van der Waals surface area contributed by atoms with Crippen molar-refractivity contribution < 1.29 is 4.74 Å². The van der Waals surface area contributed by atoms with Gasteiger partial charge in [-0.15, -0.1) is 0 Å². The van der Waals surface area contributed by atoms with E-state index in [1.165, 1.54) is 5.69 Å². The van der Waals surface area contributed by atoms with E-state index in [1.54, 1.807) is 0 Å². The van der Waals surface area contributed by atoms with Crippen molar-refractivity contribution in [1.82, 2.24) is 9.55 Å². The van der Waals surface area contributed by atoms with E-state index in [1.807, 2.05) is 12.5 Å². The number of aromatic nitrogens is 2. The molecule has 0 radical (unpaired) electrons. The number of imidazole rings is 1. The van der Waals surface area contributed by atoms with Crippen LogP contribution < -0.4 is 0 Å². The van der Waals surface area contributed by atoms with Crippen LogP contribution >= 0.6 is 0 Å². The highest BCUT2D eigenvalue weighted by atomic mass is 16.5. The van der Waals surface area contributed by atoms with Gasteiger partial charge in [0.25, 0.3) is 0 Å². The zero-order valence-electron chi connectivity index (χ0n) is 8.45. The number of nitrogens with zero attached hydrogens (tertiary/aromatic N) is 2. The van der Waals surface area contributed by atoms with Crippen LogP contribution in [0.15, 0.2) is 12.5 Å². The van der Waals surface area contributed by atoms with Gasteiger partial charge in [0.2, 0.25) is 0 Å². The molecule has 1 unspecified atom stereocenters. The summed E-state index contributed by atoms with van der Waals surface area (Å²) in [7, 11) is 0. The summed E-state index contributed by atoms with van der Waals surface area (Å²) >= 11 is 0. The zero-order valence-corrected chi connectivity index (χ0v) is 8.45. The van der Waals surface area contributed by atoms with Gasteiger partial charge in [-0.2, -0.15) is 0 Å². The van der Waals surface area contributed by atoms with Crippen LogP contribution in [0.4, 0.5) is 0 Å². The van der Waals surface area contributed by atoms with Crippen molar-refractivity contribution in [2.75, 3.05) is 6.61 Å². The average molecular weight is 180 g/mol. The number of ether oxygens (including phenoxy) is 1. The number of hydrogen-bond donors (Lipinski definition) is 0. The molecule has 0 fully saturated rings. The van der Waals surface area contributed by atoms with Crippen LogP contribution in [0.5, 0.6) is 0 Å². The van der Waals surface area contributed by atoms with E-state index in [9.17, 15) is 0 Å². The first kappa shape index (κ1) is 8.75. The molecule has 2 heterocycles. The van der Waals surface area contributed by atoms with Gasteiger partial charge < -0.3 is 9.30 Å². The number of fused-ring (bicyclic) bond motifs is 1. The lowest BCUT2D eigenvalue weighted by atomic mass is 9.93. The fourth-order valence-electron chi connectivity index (χ4n) is 1.76. The van der Waals surface area contributed by atoms with Crippen LogP contribution in [0.3, 0.4) is 0 Å². The van der Waals surface area contributed by atoms with Crippen molar-refractivity contribution in [3.05, 3.63) is 18.2 Å². The Morgan fingerprint density at radius 2 is 2.31 bits per heavy atom. The quantitative estimate of drug-likeness (QED) is 0.610. The van der Waals surface area contributed by atoms with Crippen molar-refractivity contribution in [2.45, 2.75) is 33.4 Å². The molecule has 1 aliphatic heterocycles. The summed E-state index contributed by atoms with van der Waals surface area (Å²) in [6.45, 7) is 7.37. The van der Waals surface area contributed by atoms with Gasteiger partial charge >= 0.3 is 0 Å². The lowest BCUT2D eigenvalue weighted by Crippen LogP contribution is -2.32. The summed E-state index contributed by atoms with van der Waals surface area (Å²) in [4.78, 5) is 4.15. The summed E-state index contributed by atoms with van der Waals surface area (Å²) in [5.41, 5.74) is 1.42. The van der Waals surface area contributed by atoms with E-state index in [0.29, 0.717) is 0 Å². The van der Waals surface area contributed by atoms with Crippen LogP contribution in [-0.2, 0) is 11.2 Å². The van der Waals surface area contributed by atoms with Crippen LogP contribution in [0.2, 0.25) is 0 Å². The Morgan fingerprint density at radius 3 is 3.00 bits per heavy atom. The molecule has 13 heavy (non-hydrogen) atoms. The maximum Gasteiger partial charge on any atom is 0.139 e. The Balaban J connectivity index is 2.35. The fraction of sp³-hybridized carbons (Fsp3) is 0.700. The largest absolute Gasteiger partial charge is 0.357 e. The molecule has 0 bridgehead atoms. The van der Waals surface area contributed by atoms with E-state index >= 15 is 0 Å². The van der Waals surface area contributed by atoms with E-state index < -0.39 is 0 Å². The number of rotatable bonds is 0. The molecule has 1 aromatic rings. The zero-order chi connectivity index (χ0) is 9.47. The highest BCUT2D eigenvalue weighted by Gasteiger charge is 2.30. The topological polar surface area (TPSA) is 27.1 Å². The fourth-order valence-corrected chi connectivity index (χ4v) is 1.76. The highest BCUT2D eigenvalue weighted by Crippen LogP contribution is 2.34. The van der Waals surface area contributed by atoms with Crippen LogP contribution in [0.25, 0.3) is 0 Å². The maximum absolute atomic E-state index is 5.75. The van der Waals surface area contributed by atoms with Crippen molar-refractivity contribution in [3.63, 3.8) is 0 Å². The first-order valence-corrected chi connectivity index (χ1v) is 4.71. The monoisotopic (exact) mass is 180 g/mol. The van der Waals surface area contributed by atoms with Crippen LogP contribution in [0, 0.1) is 5.41 Å². The Kier molecular flexibility index (Phi) is 1.91. The smallest absolute Gasteiger partial charge is 0.139 e. The lowest BCUT2D eigenvalue weighted by Gasteiger charge is -2.35. The third-order valence-corrected chi connectivity index (χ3v) is 2.37. The minimum Gasteiger partial charge on any atom is -0.357 e. The SMILES string of the molecule is CC(C)(C)C1OCCc2cncn21. The van der Waals surface area contributed by atoms with Crippen molar-refractivity contribution in [2.24, 2.45) is 5.41 Å². The van der Waals surface area contributed by atoms with Gasteiger partial charge in [-0.1, -0.05) is 20.8 Å². The summed E-state index contributed by atoms with van der Waals surface area (Å²) in [6.07, 6.45) is 4.91. The third kappa shape index (κ3) is 1.48. The second kappa shape index (κ2) is 2.84. The highest BCUT2D eigenvalue weighted by molar-refractivity contribution is 5.03. The Hall–Kier alpha value is -0.830. The van der Waals surface area contributed by atoms with Gasteiger partial charge in [0.05, 0.1) is 12.9 Å². The average Bonchev–Trinajstić information content (AvgIpc) is 2.48. The van der Waals surface area contributed by atoms with Gasteiger partial charge in [0, 0.05) is 23.7 Å². The minimum absolute atomic E-state index is 0.135. The molecule has 3 nitrogen and oxygen atoms in total. The molecule has 1 atom stereocenters. The molecule has 0 aromatic carbocycles. The second-order valence-electron chi connectivity index (χ2n) is 4.63. The van der Waals surface area contributed by atoms with Crippen LogP contribution in [0.1, 0.15) is 32.7 Å². The standard InChI is InChI=1S/C10H16N2O/c1-10(2,3)9-12-7-11-6-8(12)4-5-13-9/h6-7,9H,4-5H2,1-3H3. The van der Waals surface area contributed by atoms with Gasteiger partial charge in [0.15, 0.2) is 0 Å². The predicted molar refractivity (Wildman–Crippen MR) is 50.4 cm³/mol. The Bertz CT molecular complexity index is 298. The van der Waals surface area contributed by atoms with Gasteiger partial charge in [-0.3, -0.25) is 0 Å². The minimum atomic E-state index is 0.135. The molecule has 0 spiro atoms. The van der Waals surface area contributed by atoms with Crippen LogP contribution in [-0.4, -0.2) is 16.2 Å². The molecule has 1 aromatic heterocycles. The second-order valence-corrected chi connectivity index (χ2v) is 4.63. The third-order valence-electron chi connectivity index (χ3n) is 2.37. The summed E-state index contributed by atoms with van der Waals surface area (Å²) < 4.78 is 7.89. The van der Waals surface area contributed by atoms with Gasteiger partial charge in [-0.05, 0) is 0 Å². The molecule has 0 amide bonds. The van der Waals surface area contributed by atoms with Crippen molar-refractivity contribution in [1.29, 1.82) is 0 Å². The molecule has 2 rings (SSSR count). The first-order valence-electron chi connectivity index (χ1n) is 4.71. The summed E-state index contributed by atoms with van der Waals surface area (Å²) in [5, 5.41) is 0. The molecule has 0 aliphatic carbocycles. The molecular weight excluding hydrogens is 164 g/mol. The summed E-state index contributed by atoms with van der Waals surface area (Å²) in [5.74, 6) is 0.